The van der Waals surface area contributed by atoms with Crippen molar-refractivity contribution in [1.82, 2.24) is 0 Å². The van der Waals surface area contributed by atoms with Crippen LogP contribution in [0, 0.1) is 17.3 Å². The Hall–Kier alpha value is -0.530. The SMILES string of the molecule is CC(C(=O)O)C1CCCCC12CCC2. The summed E-state index contributed by atoms with van der Waals surface area (Å²) >= 11 is 0. The molecule has 2 nitrogen and oxygen atoms in total. The van der Waals surface area contributed by atoms with Crippen molar-refractivity contribution in [2.45, 2.75) is 51.9 Å². The van der Waals surface area contributed by atoms with Crippen molar-refractivity contribution in [3.63, 3.8) is 0 Å². The minimum atomic E-state index is -0.594. The van der Waals surface area contributed by atoms with Crippen molar-refractivity contribution in [3.8, 4) is 0 Å². The third-order valence-electron chi connectivity index (χ3n) is 4.57. The molecule has 1 N–H and O–H groups in total. The van der Waals surface area contributed by atoms with Crippen molar-refractivity contribution in [1.29, 1.82) is 0 Å². The third-order valence-corrected chi connectivity index (χ3v) is 4.57. The van der Waals surface area contributed by atoms with Crippen LogP contribution in [0.25, 0.3) is 0 Å². The van der Waals surface area contributed by atoms with Gasteiger partial charge in [0.15, 0.2) is 0 Å². The molecule has 0 bridgehead atoms. The smallest absolute Gasteiger partial charge is 0.306 e. The molecule has 0 radical (unpaired) electrons. The Morgan fingerprint density at radius 1 is 1.29 bits per heavy atom. The van der Waals surface area contributed by atoms with Crippen molar-refractivity contribution in [2.75, 3.05) is 0 Å². The molecular weight excluding hydrogens is 176 g/mol. The Labute approximate surface area is 85.7 Å². The van der Waals surface area contributed by atoms with Gasteiger partial charge in [0.1, 0.15) is 0 Å². The molecule has 80 valence electrons. The Balaban J connectivity index is 2.10. The van der Waals surface area contributed by atoms with Gasteiger partial charge in [0, 0.05) is 0 Å². The van der Waals surface area contributed by atoms with Crippen LogP contribution >= 0.6 is 0 Å². The molecule has 2 heteroatoms. The van der Waals surface area contributed by atoms with Crippen LogP contribution in [-0.2, 0) is 4.79 Å². The summed E-state index contributed by atoms with van der Waals surface area (Å²) in [7, 11) is 0. The average molecular weight is 196 g/mol. The lowest BCUT2D eigenvalue weighted by Gasteiger charge is -2.52. The van der Waals surface area contributed by atoms with Crippen LogP contribution < -0.4 is 0 Å². The van der Waals surface area contributed by atoms with Crippen molar-refractivity contribution in [3.05, 3.63) is 0 Å². The molecule has 0 amide bonds. The van der Waals surface area contributed by atoms with E-state index in [0.29, 0.717) is 11.3 Å². The highest BCUT2D eigenvalue weighted by atomic mass is 16.4. The molecule has 0 aliphatic heterocycles. The van der Waals surface area contributed by atoms with E-state index in [9.17, 15) is 4.79 Å². The van der Waals surface area contributed by atoms with Gasteiger partial charge in [-0.05, 0) is 37.0 Å². The molecule has 2 saturated carbocycles. The van der Waals surface area contributed by atoms with Gasteiger partial charge in [-0.2, -0.15) is 0 Å². The van der Waals surface area contributed by atoms with Crippen molar-refractivity contribution < 1.29 is 9.90 Å². The lowest BCUT2D eigenvalue weighted by atomic mass is 9.52. The largest absolute Gasteiger partial charge is 0.481 e. The number of carboxylic acids is 1. The fraction of sp³-hybridized carbons (Fsp3) is 0.917. The second-order valence-electron chi connectivity index (χ2n) is 5.20. The van der Waals surface area contributed by atoms with E-state index in [4.69, 9.17) is 5.11 Å². The molecule has 2 aliphatic rings. The molecule has 0 aromatic carbocycles. The lowest BCUT2D eigenvalue weighted by molar-refractivity contribution is -0.148. The second kappa shape index (κ2) is 3.56. The van der Waals surface area contributed by atoms with E-state index in [1.54, 1.807) is 0 Å². The molecular formula is C12H20O2. The zero-order valence-electron chi connectivity index (χ0n) is 8.96. The molecule has 0 heterocycles. The van der Waals surface area contributed by atoms with Gasteiger partial charge in [-0.15, -0.1) is 0 Å². The highest BCUT2D eigenvalue weighted by molar-refractivity contribution is 5.70. The maximum Gasteiger partial charge on any atom is 0.306 e. The van der Waals surface area contributed by atoms with Crippen LogP contribution in [0.1, 0.15) is 51.9 Å². The molecule has 2 unspecified atom stereocenters. The van der Waals surface area contributed by atoms with Gasteiger partial charge in [-0.25, -0.2) is 0 Å². The maximum absolute atomic E-state index is 11.0. The average Bonchev–Trinajstić information content (AvgIpc) is 2.14. The van der Waals surface area contributed by atoms with Crippen molar-refractivity contribution >= 4 is 5.97 Å². The van der Waals surface area contributed by atoms with Crippen LogP contribution in [0.3, 0.4) is 0 Å². The van der Waals surface area contributed by atoms with E-state index in [1.807, 2.05) is 6.92 Å². The Morgan fingerprint density at radius 2 is 1.93 bits per heavy atom. The highest BCUT2D eigenvalue weighted by Gasteiger charge is 2.48. The predicted octanol–water partition coefficient (Wildman–Crippen LogP) is 3.07. The summed E-state index contributed by atoms with van der Waals surface area (Å²) in [5, 5.41) is 9.09. The molecule has 1 spiro atoms. The first-order chi connectivity index (χ1) is 6.66. The second-order valence-corrected chi connectivity index (χ2v) is 5.20. The summed E-state index contributed by atoms with van der Waals surface area (Å²) in [5.41, 5.74) is 0.441. The Bertz CT molecular complexity index is 230. The minimum Gasteiger partial charge on any atom is -0.481 e. The molecule has 14 heavy (non-hydrogen) atoms. The van der Waals surface area contributed by atoms with E-state index >= 15 is 0 Å². The number of carboxylic acid groups (broad SMARTS) is 1. The van der Waals surface area contributed by atoms with E-state index < -0.39 is 5.97 Å². The monoisotopic (exact) mass is 196 g/mol. The first-order valence-corrected chi connectivity index (χ1v) is 5.88. The zero-order valence-corrected chi connectivity index (χ0v) is 8.96. The van der Waals surface area contributed by atoms with Gasteiger partial charge in [-0.3, -0.25) is 4.79 Å². The fourth-order valence-corrected chi connectivity index (χ4v) is 3.54. The molecule has 2 fully saturated rings. The van der Waals surface area contributed by atoms with Gasteiger partial charge >= 0.3 is 5.97 Å². The van der Waals surface area contributed by atoms with Crippen LogP contribution in [-0.4, -0.2) is 11.1 Å². The van der Waals surface area contributed by atoms with E-state index in [0.717, 1.165) is 6.42 Å². The summed E-state index contributed by atoms with van der Waals surface area (Å²) in [6, 6.07) is 0. The van der Waals surface area contributed by atoms with E-state index in [2.05, 4.69) is 0 Å². The maximum atomic E-state index is 11.0. The van der Waals surface area contributed by atoms with Crippen LogP contribution in [0.15, 0.2) is 0 Å². The fourth-order valence-electron chi connectivity index (χ4n) is 3.54. The van der Waals surface area contributed by atoms with Gasteiger partial charge in [0.2, 0.25) is 0 Å². The van der Waals surface area contributed by atoms with E-state index in [1.165, 1.54) is 38.5 Å². The van der Waals surface area contributed by atoms with Crippen LogP contribution in [0.4, 0.5) is 0 Å². The van der Waals surface area contributed by atoms with Gasteiger partial charge in [0.25, 0.3) is 0 Å². The molecule has 2 aliphatic carbocycles. The molecule has 0 aromatic heterocycles. The standard InChI is InChI=1S/C12H20O2/c1-9(11(13)14)10-5-2-3-6-12(10)7-4-8-12/h9-10H,2-8H2,1H3,(H,13,14). The molecule has 0 saturated heterocycles. The molecule has 2 rings (SSSR count). The minimum absolute atomic E-state index is 0.129. The number of hydrogen-bond donors (Lipinski definition) is 1. The first kappa shape index (κ1) is 10.0. The van der Waals surface area contributed by atoms with Crippen molar-refractivity contribution in [2.24, 2.45) is 17.3 Å². The van der Waals surface area contributed by atoms with Crippen LogP contribution in [0.2, 0.25) is 0 Å². The van der Waals surface area contributed by atoms with Gasteiger partial charge in [0.05, 0.1) is 5.92 Å². The summed E-state index contributed by atoms with van der Waals surface area (Å²) in [6.07, 6.45) is 8.89. The predicted molar refractivity (Wildman–Crippen MR) is 55.0 cm³/mol. The number of hydrogen-bond acceptors (Lipinski definition) is 1. The van der Waals surface area contributed by atoms with Gasteiger partial charge < -0.3 is 5.11 Å². The number of carbonyl (C=O) groups is 1. The summed E-state index contributed by atoms with van der Waals surface area (Å²) in [4.78, 5) is 11.0. The van der Waals surface area contributed by atoms with E-state index in [-0.39, 0.29) is 5.92 Å². The summed E-state index contributed by atoms with van der Waals surface area (Å²) in [5.74, 6) is -0.263. The Kier molecular flexibility index (Phi) is 2.54. The zero-order chi connectivity index (χ0) is 10.2. The summed E-state index contributed by atoms with van der Waals surface area (Å²) in [6.45, 7) is 1.90. The Morgan fingerprint density at radius 3 is 2.43 bits per heavy atom. The topological polar surface area (TPSA) is 37.3 Å². The highest BCUT2D eigenvalue weighted by Crippen LogP contribution is 2.57. The number of aliphatic carboxylic acids is 1. The normalized spacial score (nSPS) is 32.2. The lowest BCUT2D eigenvalue weighted by Crippen LogP contribution is -2.44. The van der Waals surface area contributed by atoms with Gasteiger partial charge in [-0.1, -0.05) is 26.2 Å². The molecule has 2 atom stereocenters. The summed E-state index contributed by atoms with van der Waals surface area (Å²) < 4.78 is 0. The van der Waals surface area contributed by atoms with Crippen LogP contribution in [0.5, 0.6) is 0 Å². The third kappa shape index (κ3) is 1.45. The molecule has 0 aromatic rings. The quantitative estimate of drug-likeness (QED) is 0.737. The number of rotatable bonds is 2. The first-order valence-electron chi connectivity index (χ1n) is 5.88.